The number of hydrogen-bond donors (Lipinski definition) is 2. The summed E-state index contributed by atoms with van der Waals surface area (Å²) in [6.07, 6.45) is 15.1. The maximum atomic E-state index is 14.1. The Hall–Kier alpha value is -1.92. The number of likely N-dealkylation sites (N-methyl/N-ethyl adjacent to an activating group) is 1. The minimum Gasteiger partial charge on any atom is -0.343 e. The molecule has 2 aliphatic rings. The molecule has 0 aromatic heterocycles. The Morgan fingerprint density at radius 1 is 0.974 bits per heavy atom. The number of nitrogens with one attached hydrogen (secondary N) is 2. The van der Waals surface area contributed by atoms with Crippen LogP contribution >= 0.6 is 0 Å². The lowest BCUT2D eigenvalue weighted by Crippen LogP contribution is -2.57. The maximum Gasteiger partial charge on any atom is 0.245 e. The van der Waals surface area contributed by atoms with Crippen LogP contribution in [-0.2, 0) is 16.0 Å². The van der Waals surface area contributed by atoms with E-state index in [1.54, 1.807) is 7.05 Å². The predicted molar refractivity (Wildman–Crippen MR) is 157 cm³/mol. The normalized spacial score (nSPS) is 20.0. The summed E-state index contributed by atoms with van der Waals surface area (Å²) in [5.41, 5.74) is 1.38. The summed E-state index contributed by atoms with van der Waals surface area (Å²) in [4.78, 5) is 31.7. The van der Waals surface area contributed by atoms with Crippen LogP contribution < -0.4 is 10.6 Å². The standard InChI is InChI=1S/C32H54N4O2/c1-4-5-6-7-14-22-35(24-21-27-16-10-8-11-17-27)25-29-20-15-23-36(29)32(38)30(28-18-12-9-13-19-28)34-31(37)26(2)33-3/h8,10-11,16-17,26,28-30,33H,4-7,9,12-15,18-25H2,1-3H3,(H,34,37)/t26-,29-,30-/m0/s1. The number of likely N-dealkylation sites (tertiary alicyclic amines) is 1. The van der Waals surface area contributed by atoms with Crippen LogP contribution in [0, 0.1) is 5.92 Å². The van der Waals surface area contributed by atoms with Gasteiger partial charge in [-0.3, -0.25) is 9.59 Å². The molecule has 6 heteroatoms. The SMILES string of the molecule is CCCCCCCN(CCc1ccccc1)C[C@@H]1CCCN1C(=O)[C@@H](NC(=O)[C@H](C)NC)C1CCCCC1. The van der Waals surface area contributed by atoms with Crippen molar-refractivity contribution in [1.29, 1.82) is 0 Å². The highest BCUT2D eigenvalue weighted by molar-refractivity contribution is 5.90. The van der Waals surface area contributed by atoms with Crippen molar-refractivity contribution in [2.75, 3.05) is 33.2 Å². The summed E-state index contributed by atoms with van der Waals surface area (Å²) in [6, 6.07) is 10.3. The number of rotatable bonds is 16. The molecule has 1 aromatic carbocycles. The average Bonchev–Trinajstić information content (AvgIpc) is 3.42. The van der Waals surface area contributed by atoms with Crippen molar-refractivity contribution in [2.45, 2.75) is 115 Å². The molecule has 0 bridgehead atoms. The van der Waals surface area contributed by atoms with E-state index >= 15 is 0 Å². The Morgan fingerprint density at radius 3 is 2.42 bits per heavy atom. The fourth-order valence-electron chi connectivity index (χ4n) is 6.22. The van der Waals surface area contributed by atoms with Gasteiger partial charge in [0.25, 0.3) is 0 Å². The van der Waals surface area contributed by atoms with Gasteiger partial charge in [-0.05, 0) is 70.5 Å². The highest BCUT2D eigenvalue weighted by atomic mass is 16.2. The van der Waals surface area contributed by atoms with Gasteiger partial charge in [0.15, 0.2) is 0 Å². The number of hydrogen-bond acceptors (Lipinski definition) is 4. The molecule has 38 heavy (non-hydrogen) atoms. The van der Waals surface area contributed by atoms with E-state index in [0.717, 1.165) is 71.1 Å². The van der Waals surface area contributed by atoms with E-state index in [0.29, 0.717) is 0 Å². The van der Waals surface area contributed by atoms with Crippen LogP contribution in [0.4, 0.5) is 0 Å². The minimum atomic E-state index is -0.397. The van der Waals surface area contributed by atoms with Crippen molar-refractivity contribution in [3.63, 3.8) is 0 Å². The molecule has 3 atom stereocenters. The van der Waals surface area contributed by atoms with E-state index in [2.05, 4.69) is 57.7 Å². The van der Waals surface area contributed by atoms with Gasteiger partial charge in [-0.25, -0.2) is 0 Å². The zero-order chi connectivity index (χ0) is 27.2. The van der Waals surface area contributed by atoms with Crippen molar-refractivity contribution >= 4 is 11.8 Å². The molecular formula is C32H54N4O2. The largest absolute Gasteiger partial charge is 0.343 e. The smallest absolute Gasteiger partial charge is 0.245 e. The van der Waals surface area contributed by atoms with Crippen molar-refractivity contribution in [3.8, 4) is 0 Å². The highest BCUT2D eigenvalue weighted by Gasteiger charge is 2.39. The predicted octanol–water partition coefficient (Wildman–Crippen LogP) is 5.17. The molecule has 1 heterocycles. The summed E-state index contributed by atoms with van der Waals surface area (Å²) in [7, 11) is 1.80. The molecule has 214 valence electrons. The number of benzene rings is 1. The summed E-state index contributed by atoms with van der Waals surface area (Å²) < 4.78 is 0. The van der Waals surface area contributed by atoms with Gasteiger partial charge in [0.05, 0.1) is 6.04 Å². The monoisotopic (exact) mass is 526 g/mol. The zero-order valence-electron chi connectivity index (χ0n) is 24.4. The maximum absolute atomic E-state index is 14.1. The van der Waals surface area contributed by atoms with Crippen molar-refractivity contribution in [1.82, 2.24) is 20.4 Å². The van der Waals surface area contributed by atoms with Crippen LogP contribution in [0.2, 0.25) is 0 Å². The van der Waals surface area contributed by atoms with Gasteiger partial charge in [0, 0.05) is 25.7 Å². The van der Waals surface area contributed by atoms with E-state index in [1.165, 1.54) is 44.1 Å². The molecule has 0 spiro atoms. The molecule has 1 saturated carbocycles. The fraction of sp³-hybridized carbons (Fsp3) is 0.750. The number of amides is 2. The van der Waals surface area contributed by atoms with E-state index in [9.17, 15) is 9.59 Å². The Balaban J connectivity index is 1.67. The molecule has 1 aromatic rings. The second kappa shape index (κ2) is 16.9. The van der Waals surface area contributed by atoms with E-state index < -0.39 is 6.04 Å². The minimum absolute atomic E-state index is 0.0660. The Bertz CT molecular complexity index is 811. The molecule has 0 unspecified atom stereocenters. The second-order valence-electron chi connectivity index (χ2n) is 11.7. The molecule has 1 aliphatic carbocycles. The van der Waals surface area contributed by atoms with Crippen molar-refractivity contribution < 1.29 is 9.59 Å². The second-order valence-corrected chi connectivity index (χ2v) is 11.7. The van der Waals surface area contributed by atoms with Crippen molar-refractivity contribution in [3.05, 3.63) is 35.9 Å². The molecular weight excluding hydrogens is 472 g/mol. The quantitative estimate of drug-likeness (QED) is 0.292. The Labute approximate surface area is 232 Å². The first-order chi connectivity index (χ1) is 18.5. The van der Waals surface area contributed by atoms with Gasteiger partial charge in [-0.2, -0.15) is 0 Å². The van der Waals surface area contributed by atoms with Crippen LogP contribution in [0.5, 0.6) is 0 Å². The topological polar surface area (TPSA) is 64.7 Å². The third-order valence-corrected chi connectivity index (χ3v) is 8.78. The van der Waals surface area contributed by atoms with E-state index in [4.69, 9.17) is 0 Å². The molecule has 6 nitrogen and oxygen atoms in total. The molecule has 2 fully saturated rings. The van der Waals surface area contributed by atoms with Gasteiger partial charge in [-0.1, -0.05) is 82.2 Å². The number of unbranched alkanes of at least 4 members (excludes halogenated alkanes) is 4. The average molecular weight is 527 g/mol. The fourth-order valence-corrected chi connectivity index (χ4v) is 6.22. The lowest BCUT2D eigenvalue weighted by Gasteiger charge is -2.37. The summed E-state index contributed by atoms with van der Waals surface area (Å²) in [5.74, 6) is 0.337. The molecule has 2 amide bonds. The van der Waals surface area contributed by atoms with Crippen LogP contribution in [0.3, 0.4) is 0 Å². The van der Waals surface area contributed by atoms with Crippen LogP contribution in [0.1, 0.15) is 96.5 Å². The van der Waals surface area contributed by atoms with Gasteiger partial charge in [0.1, 0.15) is 6.04 Å². The lowest BCUT2D eigenvalue weighted by molar-refractivity contribution is -0.139. The first kappa shape index (κ1) is 30.6. The summed E-state index contributed by atoms with van der Waals surface area (Å²) in [6.45, 7) is 8.00. The third-order valence-electron chi connectivity index (χ3n) is 8.78. The van der Waals surface area contributed by atoms with Crippen LogP contribution in [0.25, 0.3) is 0 Å². The van der Waals surface area contributed by atoms with Gasteiger partial charge >= 0.3 is 0 Å². The first-order valence-corrected chi connectivity index (χ1v) is 15.6. The zero-order valence-corrected chi connectivity index (χ0v) is 24.4. The first-order valence-electron chi connectivity index (χ1n) is 15.6. The number of nitrogens with zero attached hydrogens (tertiary/aromatic N) is 2. The van der Waals surface area contributed by atoms with Crippen LogP contribution in [-0.4, -0.2) is 73.0 Å². The van der Waals surface area contributed by atoms with Crippen molar-refractivity contribution in [2.24, 2.45) is 5.92 Å². The van der Waals surface area contributed by atoms with Gasteiger partial charge < -0.3 is 20.4 Å². The van der Waals surface area contributed by atoms with E-state index in [-0.39, 0.29) is 29.8 Å². The van der Waals surface area contributed by atoms with E-state index in [1.807, 2.05) is 6.92 Å². The Kier molecular flexibility index (Phi) is 13.6. The Morgan fingerprint density at radius 2 is 1.71 bits per heavy atom. The number of carbonyl (C=O) groups excluding carboxylic acids is 2. The van der Waals surface area contributed by atoms with Gasteiger partial charge in [0.2, 0.25) is 11.8 Å². The molecule has 2 N–H and O–H groups in total. The summed E-state index contributed by atoms with van der Waals surface area (Å²) in [5, 5.41) is 6.21. The molecule has 1 saturated heterocycles. The highest BCUT2D eigenvalue weighted by Crippen LogP contribution is 2.29. The lowest BCUT2D eigenvalue weighted by atomic mass is 9.83. The van der Waals surface area contributed by atoms with Gasteiger partial charge in [-0.15, -0.1) is 0 Å². The number of carbonyl (C=O) groups is 2. The third kappa shape index (κ3) is 9.68. The molecule has 1 aliphatic heterocycles. The molecule has 0 radical (unpaired) electrons. The van der Waals surface area contributed by atoms with Crippen LogP contribution in [0.15, 0.2) is 30.3 Å². The molecule has 3 rings (SSSR count). The summed E-state index contributed by atoms with van der Waals surface area (Å²) >= 11 is 0.